The van der Waals surface area contributed by atoms with Crippen LogP contribution in [0.1, 0.15) is 28.5 Å². The molecule has 5 nitrogen and oxygen atoms in total. The van der Waals surface area contributed by atoms with E-state index in [0.29, 0.717) is 17.3 Å². The third kappa shape index (κ3) is 5.18. The van der Waals surface area contributed by atoms with Crippen molar-refractivity contribution in [1.82, 2.24) is 15.4 Å². The average molecular weight is 384 g/mol. The molecule has 0 radical (unpaired) electrons. The molecule has 3 aromatic rings. The van der Waals surface area contributed by atoms with Crippen LogP contribution < -0.4 is 5.32 Å². The summed E-state index contributed by atoms with van der Waals surface area (Å²) in [6.45, 7) is 4.42. The highest BCUT2D eigenvalue weighted by atomic mass is 35.5. The molecular formula is C21H22ClN3O2. The monoisotopic (exact) mass is 383 g/mol. The lowest BCUT2D eigenvalue weighted by Crippen LogP contribution is -2.23. The van der Waals surface area contributed by atoms with Crippen LogP contribution in [-0.4, -0.2) is 29.6 Å². The molecule has 0 unspecified atom stereocenters. The molecule has 0 spiro atoms. The van der Waals surface area contributed by atoms with E-state index in [0.717, 1.165) is 24.2 Å². The summed E-state index contributed by atoms with van der Waals surface area (Å²) in [5.74, 6) is 0.232. The minimum absolute atomic E-state index is 0.242. The van der Waals surface area contributed by atoms with Crippen molar-refractivity contribution in [1.29, 1.82) is 0 Å². The number of hydrogen-bond donors (Lipinski definition) is 1. The van der Waals surface area contributed by atoms with Gasteiger partial charge in [-0.15, -0.1) is 0 Å². The van der Waals surface area contributed by atoms with Gasteiger partial charge in [-0.1, -0.05) is 60.1 Å². The van der Waals surface area contributed by atoms with Gasteiger partial charge in [0.15, 0.2) is 11.5 Å². The maximum atomic E-state index is 12.4. The van der Waals surface area contributed by atoms with Crippen LogP contribution >= 0.6 is 11.6 Å². The third-order valence-corrected chi connectivity index (χ3v) is 4.52. The van der Waals surface area contributed by atoms with Crippen LogP contribution in [0, 0.1) is 0 Å². The SMILES string of the molecule is CCN(C)Cc1cccc(CNC(=O)c2cc(-c3cccc(Cl)c3)on2)c1. The highest BCUT2D eigenvalue weighted by Crippen LogP contribution is 2.23. The Balaban J connectivity index is 1.62. The average Bonchev–Trinajstić information content (AvgIpc) is 3.17. The van der Waals surface area contributed by atoms with Crippen molar-refractivity contribution in [3.8, 4) is 11.3 Å². The van der Waals surface area contributed by atoms with Gasteiger partial charge in [0, 0.05) is 29.7 Å². The zero-order valence-corrected chi connectivity index (χ0v) is 16.2. The van der Waals surface area contributed by atoms with Crippen LogP contribution in [0.5, 0.6) is 0 Å². The normalized spacial score (nSPS) is 11.0. The lowest BCUT2D eigenvalue weighted by molar-refractivity contribution is 0.0942. The van der Waals surface area contributed by atoms with Gasteiger partial charge in [-0.2, -0.15) is 0 Å². The molecule has 140 valence electrons. The fourth-order valence-electron chi connectivity index (χ4n) is 2.69. The van der Waals surface area contributed by atoms with E-state index in [-0.39, 0.29) is 11.6 Å². The van der Waals surface area contributed by atoms with Gasteiger partial charge in [0.2, 0.25) is 0 Å². The molecule has 0 bridgehead atoms. The molecule has 3 rings (SSSR count). The van der Waals surface area contributed by atoms with Gasteiger partial charge in [0.25, 0.3) is 5.91 Å². The van der Waals surface area contributed by atoms with Gasteiger partial charge >= 0.3 is 0 Å². The lowest BCUT2D eigenvalue weighted by Gasteiger charge is -2.14. The molecule has 2 aromatic carbocycles. The highest BCUT2D eigenvalue weighted by molar-refractivity contribution is 6.30. The number of hydrogen-bond acceptors (Lipinski definition) is 4. The Kier molecular flexibility index (Phi) is 6.27. The van der Waals surface area contributed by atoms with Crippen molar-refractivity contribution >= 4 is 17.5 Å². The van der Waals surface area contributed by atoms with Crippen LogP contribution in [-0.2, 0) is 13.1 Å². The minimum Gasteiger partial charge on any atom is -0.355 e. The van der Waals surface area contributed by atoms with Gasteiger partial charge in [0.1, 0.15) is 0 Å². The molecular weight excluding hydrogens is 362 g/mol. The first-order valence-electron chi connectivity index (χ1n) is 8.82. The van der Waals surface area contributed by atoms with Crippen molar-refractivity contribution in [2.75, 3.05) is 13.6 Å². The van der Waals surface area contributed by atoms with Crippen LogP contribution in [0.2, 0.25) is 5.02 Å². The van der Waals surface area contributed by atoms with E-state index >= 15 is 0 Å². The second-order valence-corrected chi connectivity index (χ2v) is 6.86. The van der Waals surface area contributed by atoms with E-state index in [9.17, 15) is 4.79 Å². The maximum absolute atomic E-state index is 12.4. The number of carbonyl (C=O) groups excluding carboxylic acids is 1. The summed E-state index contributed by atoms with van der Waals surface area (Å²) in [7, 11) is 2.08. The molecule has 0 saturated heterocycles. The molecule has 0 atom stereocenters. The van der Waals surface area contributed by atoms with Crippen molar-refractivity contribution in [3.05, 3.63) is 76.4 Å². The predicted molar refractivity (Wildman–Crippen MR) is 107 cm³/mol. The number of aromatic nitrogens is 1. The second-order valence-electron chi connectivity index (χ2n) is 6.42. The van der Waals surface area contributed by atoms with Crippen molar-refractivity contribution in [2.24, 2.45) is 0 Å². The molecule has 0 aliphatic rings. The lowest BCUT2D eigenvalue weighted by atomic mass is 10.1. The first-order chi connectivity index (χ1) is 13.0. The zero-order chi connectivity index (χ0) is 19.2. The standard InChI is InChI=1S/C21H22ClN3O2/c1-3-25(2)14-16-7-4-6-15(10-16)13-23-21(26)19-12-20(27-24-19)17-8-5-9-18(22)11-17/h4-12H,3,13-14H2,1-2H3,(H,23,26). The summed E-state index contributed by atoms with van der Waals surface area (Å²) in [4.78, 5) is 14.6. The number of amides is 1. The maximum Gasteiger partial charge on any atom is 0.273 e. The number of rotatable bonds is 7. The van der Waals surface area contributed by atoms with Gasteiger partial charge in [-0.05, 0) is 36.9 Å². The molecule has 1 aromatic heterocycles. The van der Waals surface area contributed by atoms with Crippen LogP contribution in [0.15, 0.2) is 59.1 Å². The van der Waals surface area contributed by atoms with E-state index in [1.165, 1.54) is 5.56 Å². The molecule has 27 heavy (non-hydrogen) atoms. The minimum atomic E-state index is -0.275. The number of halogens is 1. The molecule has 6 heteroatoms. The number of nitrogens with zero attached hydrogens (tertiary/aromatic N) is 2. The van der Waals surface area contributed by atoms with Crippen LogP contribution in [0.25, 0.3) is 11.3 Å². The summed E-state index contributed by atoms with van der Waals surface area (Å²) in [5, 5.41) is 7.35. The van der Waals surface area contributed by atoms with Crippen molar-refractivity contribution < 1.29 is 9.32 Å². The molecule has 1 heterocycles. The molecule has 0 aliphatic heterocycles. The predicted octanol–water partition coefficient (Wildman–Crippen LogP) is 4.38. The van der Waals surface area contributed by atoms with E-state index in [2.05, 4.69) is 41.5 Å². The number of benzene rings is 2. The van der Waals surface area contributed by atoms with E-state index in [4.69, 9.17) is 16.1 Å². The first-order valence-corrected chi connectivity index (χ1v) is 9.20. The smallest absolute Gasteiger partial charge is 0.273 e. The largest absolute Gasteiger partial charge is 0.355 e. The Morgan fingerprint density at radius 2 is 1.93 bits per heavy atom. The van der Waals surface area contributed by atoms with Crippen molar-refractivity contribution in [2.45, 2.75) is 20.0 Å². The highest BCUT2D eigenvalue weighted by Gasteiger charge is 2.14. The summed E-state index contributed by atoms with van der Waals surface area (Å²) >= 11 is 5.99. The van der Waals surface area contributed by atoms with Crippen LogP contribution in [0.4, 0.5) is 0 Å². The molecule has 0 aliphatic carbocycles. The molecule has 0 saturated carbocycles. The topological polar surface area (TPSA) is 58.4 Å². The van der Waals surface area contributed by atoms with E-state index in [1.807, 2.05) is 24.3 Å². The fourth-order valence-corrected chi connectivity index (χ4v) is 2.88. The van der Waals surface area contributed by atoms with Crippen molar-refractivity contribution in [3.63, 3.8) is 0 Å². The Morgan fingerprint density at radius 1 is 1.15 bits per heavy atom. The van der Waals surface area contributed by atoms with Gasteiger partial charge < -0.3 is 14.7 Å². The quantitative estimate of drug-likeness (QED) is 0.657. The van der Waals surface area contributed by atoms with Gasteiger partial charge in [-0.25, -0.2) is 0 Å². The summed E-state index contributed by atoms with van der Waals surface area (Å²) in [6, 6.07) is 17.0. The molecule has 1 N–H and O–H groups in total. The Bertz CT molecular complexity index is 923. The number of carbonyl (C=O) groups is 1. The number of nitrogens with one attached hydrogen (secondary N) is 1. The van der Waals surface area contributed by atoms with Gasteiger partial charge in [-0.3, -0.25) is 4.79 Å². The molecule has 1 amide bonds. The fraction of sp³-hybridized carbons (Fsp3) is 0.238. The third-order valence-electron chi connectivity index (χ3n) is 4.29. The second kappa shape index (κ2) is 8.84. The van der Waals surface area contributed by atoms with E-state index in [1.54, 1.807) is 18.2 Å². The zero-order valence-electron chi connectivity index (χ0n) is 15.4. The molecule has 0 fully saturated rings. The Labute approximate surface area is 163 Å². The summed E-state index contributed by atoms with van der Waals surface area (Å²) in [6.07, 6.45) is 0. The summed E-state index contributed by atoms with van der Waals surface area (Å²) in [5.41, 5.74) is 3.29. The van der Waals surface area contributed by atoms with Gasteiger partial charge in [0.05, 0.1) is 0 Å². The Morgan fingerprint density at radius 3 is 2.70 bits per heavy atom. The first kappa shape index (κ1) is 19.1. The van der Waals surface area contributed by atoms with Crippen LogP contribution in [0.3, 0.4) is 0 Å². The summed E-state index contributed by atoms with van der Waals surface area (Å²) < 4.78 is 5.28. The Hall–Kier alpha value is -2.63. The van der Waals surface area contributed by atoms with E-state index < -0.39 is 0 Å².